The van der Waals surface area contributed by atoms with Crippen molar-refractivity contribution >= 4 is 11.9 Å². The first-order chi connectivity index (χ1) is 11.2. The van der Waals surface area contributed by atoms with Crippen LogP contribution >= 0.6 is 0 Å². The summed E-state index contributed by atoms with van der Waals surface area (Å²) in [6, 6.07) is 2.03. The number of piperazine rings is 1. The van der Waals surface area contributed by atoms with Crippen LogP contribution in [0.1, 0.15) is 19.8 Å². The number of methoxy groups -OCH3 is 1. The third-order valence-electron chi connectivity index (χ3n) is 4.74. The summed E-state index contributed by atoms with van der Waals surface area (Å²) in [5, 5.41) is 3.33. The lowest BCUT2D eigenvalue weighted by molar-refractivity contribution is -0.139. The minimum absolute atomic E-state index is 0.123. The van der Waals surface area contributed by atoms with Crippen molar-refractivity contribution in [3.8, 4) is 5.88 Å². The Morgan fingerprint density at radius 3 is 2.83 bits per heavy atom. The van der Waals surface area contributed by atoms with Gasteiger partial charge >= 0.3 is 0 Å². The first kappa shape index (κ1) is 16.0. The Hall–Kier alpha value is -1.89. The molecule has 3 rings (SSSR count). The van der Waals surface area contributed by atoms with Gasteiger partial charge in [-0.1, -0.05) is 0 Å². The van der Waals surface area contributed by atoms with Crippen molar-refractivity contribution in [1.29, 1.82) is 0 Å². The molecule has 1 aromatic rings. The van der Waals surface area contributed by atoms with Gasteiger partial charge < -0.3 is 19.9 Å². The molecule has 0 unspecified atom stereocenters. The first-order valence-corrected chi connectivity index (χ1v) is 8.32. The minimum Gasteiger partial charge on any atom is -0.481 e. The van der Waals surface area contributed by atoms with Gasteiger partial charge in [0.15, 0.2) is 0 Å². The van der Waals surface area contributed by atoms with E-state index >= 15 is 0 Å². The first-order valence-electron chi connectivity index (χ1n) is 8.32. The number of nitrogens with zero attached hydrogens (tertiary/aromatic N) is 4. The second kappa shape index (κ2) is 7.12. The second-order valence-corrected chi connectivity index (χ2v) is 6.25. The standard InChI is InChI=1S/C16H25N5O2/c1-12-11-17-7-10-21(12)15(22)13-4-8-20(9-5-13)16-18-6-3-14(19-16)23-2/h3,6,12-13,17H,4-5,7-11H2,1-2H3/t12-/m1/s1. The third kappa shape index (κ3) is 3.55. The largest absolute Gasteiger partial charge is 0.481 e. The van der Waals surface area contributed by atoms with Crippen molar-refractivity contribution in [3.05, 3.63) is 12.3 Å². The lowest BCUT2D eigenvalue weighted by atomic mass is 9.94. The normalized spacial score (nSPS) is 23.0. The number of amides is 1. The molecule has 23 heavy (non-hydrogen) atoms. The van der Waals surface area contributed by atoms with Crippen molar-refractivity contribution < 1.29 is 9.53 Å². The van der Waals surface area contributed by atoms with Crippen LogP contribution in [0.5, 0.6) is 5.88 Å². The predicted octanol–water partition coefficient (Wildman–Crippen LogP) is 0.522. The molecule has 1 atom stereocenters. The molecule has 7 nitrogen and oxygen atoms in total. The fraction of sp³-hybridized carbons (Fsp3) is 0.688. The predicted molar refractivity (Wildman–Crippen MR) is 87.6 cm³/mol. The maximum atomic E-state index is 12.7. The van der Waals surface area contributed by atoms with Gasteiger partial charge in [-0.3, -0.25) is 4.79 Å². The summed E-state index contributed by atoms with van der Waals surface area (Å²) in [5.41, 5.74) is 0. The van der Waals surface area contributed by atoms with Gasteiger partial charge in [-0.05, 0) is 19.8 Å². The van der Waals surface area contributed by atoms with Crippen LogP contribution in [0, 0.1) is 5.92 Å². The van der Waals surface area contributed by atoms with Crippen molar-refractivity contribution in [2.45, 2.75) is 25.8 Å². The van der Waals surface area contributed by atoms with Gasteiger partial charge in [0.1, 0.15) is 0 Å². The molecule has 2 saturated heterocycles. The Kier molecular flexibility index (Phi) is 4.95. The third-order valence-corrected chi connectivity index (χ3v) is 4.74. The highest BCUT2D eigenvalue weighted by atomic mass is 16.5. The van der Waals surface area contributed by atoms with Crippen LogP contribution in [-0.4, -0.2) is 66.7 Å². The van der Waals surface area contributed by atoms with Gasteiger partial charge in [0, 0.05) is 56.9 Å². The molecular formula is C16H25N5O2. The van der Waals surface area contributed by atoms with Crippen molar-refractivity contribution in [2.75, 3.05) is 44.7 Å². The number of carbonyl (C=O) groups excluding carboxylic acids is 1. The zero-order chi connectivity index (χ0) is 16.2. The molecule has 0 radical (unpaired) electrons. The molecule has 0 spiro atoms. The van der Waals surface area contributed by atoms with E-state index in [2.05, 4.69) is 27.1 Å². The molecule has 0 aromatic carbocycles. The fourth-order valence-corrected chi connectivity index (χ4v) is 3.33. The maximum absolute atomic E-state index is 12.7. The van der Waals surface area contributed by atoms with Gasteiger partial charge in [0.25, 0.3) is 0 Å². The number of piperidine rings is 1. The zero-order valence-electron chi connectivity index (χ0n) is 13.9. The van der Waals surface area contributed by atoms with E-state index in [0.717, 1.165) is 45.6 Å². The number of rotatable bonds is 3. The Morgan fingerprint density at radius 1 is 1.35 bits per heavy atom. The smallest absolute Gasteiger partial charge is 0.228 e. The number of hydrogen-bond donors (Lipinski definition) is 1. The summed E-state index contributed by atoms with van der Waals surface area (Å²) in [6.45, 7) is 6.34. The number of ether oxygens (including phenoxy) is 1. The quantitative estimate of drug-likeness (QED) is 0.876. The van der Waals surface area contributed by atoms with E-state index in [1.54, 1.807) is 19.4 Å². The van der Waals surface area contributed by atoms with Gasteiger partial charge in [-0.15, -0.1) is 0 Å². The monoisotopic (exact) mass is 319 g/mol. The fourth-order valence-electron chi connectivity index (χ4n) is 3.33. The number of hydrogen-bond acceptors (Lipinski definition) is 6. The number of aromatic nitrogens is 2. The van der Waals surface area contributed by atoms with Gasteiger partial charge in [0.2, 0.25) is 17.7 Å². The molecule has 1 amide bonds. The maximum Gasteiger partial charge on any atom is 0.228 e. The Balaban J connectivity index is 1.58. The zero-order valence-corrected chi connectivity index (χ0v) is 13.9. The molecular weight excluding hydrogens is 294 g/mol. The Bertz CT molecular complexity index is 545. The van der Waals surface area contributed by atoms with Crippen LogP contribution in [0.15, 0.2) is 12.3 Å². The van der Waals surface area contributed by atoms with E-state index in [1.807, 2.05) is 4.90 Å². The van der Waals surface area contributed by atoms with E-state index < -0.39 is 0 Å². The second-order valence-electron chi connectivity index (χ2n) is 6.25. The van der Waals surface area contributed by atoms with Crippen LogP contribution < -0.4 is 15.0 Å². The lowest BCUT2D eigenvalue weighted by Gasteiger charge is -2.39. The highest BCUT2D eigenvalue weighted by Gasteiger charge is 2.32. The summed E-state index contributed by atoms with van der Waals surface area (Å²) in [4.78, 5) is 25.6. The summed E-state index contributed by atoms with van der Waals surface area (Å²) >= 11 is 0. The van der Waals surface area contributed by atoms with Gasteiger partial charge in [0.05, 0.1) is 7.11 Å². The van der Waals surface area contributed by atoms with Crippen LogP contribution in [-0.2, 0) is 4.79 Å². The molecule has 0 aliphatic carbocycles. The van der Waals surface area contributed by atoms with E-state index in [1.165, 1.54) is 0 Å². The van der Waals surface area contributed by atoms with Gasteiger partial charge in [-0.25, -0.2) is 4.98 Å². The highest BCUT2D eigenvalue weighted by molar-refractivity contribution is 5.79. The van der Waals surface area contributed by atoms with E-state index in [4.69, 9.17) is 4.74 Å². The Labute approximate surface area is 137 Å². The molecule has 3 heterocycles. The highest BCUT2D eigenvalue weighted by Crippen LogP contribution is 2.24. The molecule has 126 valence electrons. The molecule has 0 bridgehead atoms. The van der Waals surface area contributed by atoms with Crippen LogP contribution in [0.3, 0.4) is 0 Å². The Morgan fingerprint density at radius 2 is 2.13 bits per heavy atom. The van der Waals surface area contributed by atoms with E-state index in [9.17, 15) is 4.79 Å². The number of carbonyl (C=O) groups is 1. The average molecular weight is 319 g/mol. The van der Waals surface area contributed by atoms with Gasteiger partial charge in [-0.2, -0.15) is 4.98 Å². The van der Waals surface area contributed by atoms with E-state index in [-0.39, 0.29) is 12.0 Å². The lowest BCUT2D eigenvalue weighted by Crippen LogP contribution is -2.54. The number of nitrogens with one attached hydrogen (secondary N) is 1. The molecule has 1 N–H and O–H groups in total. The number of anilines is 1. The molecule has 2 aliphatic heterocycles. The summed E-state index contributed by atoms with van der Waals surface area (Å²) < 4.78 is 5.15. The molecule has 1 aromatic heterocycles. The molecule has 7 heteroatoms. The average Bonchev–Trinajstić information content (AvgIpc) is 2.62. The molecule has 2 aliphatic rings. The topological polar surface area (TPSA) is 70.6 Å². The van der Waals surface area contributed by atoms with E-state index in [0.29, 0.717) is 17.7 Å². The van der Waals surface area contributed by atoms with Crippen LogP contribution in [0.25, 0.3) is 0 Å². The van der Waals surface area contributed by atoms with Crippen LogP contribution in [0.4, 0.5) is 5.95 Å². The van der Waals surface area contributed by atoms with Crippen molar-refractivity contribution in [3.63, 3.8) is 0 Å². The van der Waals surface area contributed by atoms with Crippen molar-refractivity contribution in [2.24, 2.45) is 5.92 Å². The molecule has 0 saturated carbocycles. The van der Waals surface area contributed by atoms with Crippen molar-refractivity contribution in [1.82, 2.24) is 20.2 Å². The molecule has 2 fully saturated rings. The summed E-state index contributed by atoms with van der Waals surface area (Å²) in [7, 11) is 1.60. The minimum atomic E-state index is 0.123. The van der Waals surface area contributed by atoms with Crippen LogP contribution in [0.2, 0.25) is 0 Å². The summed E-state index contributed by atoms with van der Waals surface area (Å²) in [6.07, 6.45) is 3.42. The summed E-state index contributed by atoms with van der Waals surface area (Å²) in [5.74, 6) is 1.69. The SMILES string of the molecule is COc1ccnc(N2CCC(C(=O)N3CCNC[C@H]3C)CC2)n1.